The zero-order valence-electron chi connectivity index (χ0n) is 12.6. The number of amides is 2. The molecule has 0 saturated heterocycles. The van der Waals surface area contributed by atoms with E-state index in [1.54, 1.807) is 0 Å². The van der Waals surface area contributed by atoms with Crippen LogP contribution in [0.15, 0.2) is 0 Å². The molecule has 7 heteroatoms. The molecule has 0 saturated carbocycles. The number of hydrogen-bond donors (Lipinski definition) is 3. The van der Waals surface area contributed by atoms with Gasteiger partial charge in [0.15, 0.2) is 0 Å². The zero-order chi connectivity index (χ0) is 15.9. The molecule has 0 aromatic rings. The van der Waals surface area contributed by atoms with Crippen molar-refractivity contribution in [2.75, 3.05) is 6.61 Å². The molecule has 0 spiro atoms. The van der Waals surface area contributed by atoms with Gasteiger partial charge in [-0.25, -0.2) is 4.79 Å². The Morgan fingerprint density at radius 3 is 2.15 bits per heavy atom. The fourth-order valence-corrected chi connectivity index (χ4v) is 1.41. The summed E-state index contributed by atoms with van der Waals surface area (Å²) < 4.78 is 5.43. The predicted molar refractivity (Wildman–Crippen MR) is 73.2 cm³/mol. The molecule has 0 rings (SSSR count). The average molecular weight is 288 g/mol. The van der Waals surface area contributed by atoms with Gasteiger partial charge in [0.25, 0.3) is 0 Å². The van der Waals surface area contributed by atoms with Crippen molar-refractivity contribution in [1.29, 1.82) is 0 Å². The number of rotatable bonds is 7. The first kappa shape index (κ1) is 18.4. The first-order valence-corrected chi connectivity index (χ1v) is 6.47. The minimum Gasteiger partial charge on any atom is -0.480 e. The standard InChI is InChI=1S/C13H24N2O5/c1-8(14-9(2)16)11(17)15-10(12(18)19)6-7-20-13(3,4)5/h8,10H,6-7H2,1-5H3,(H,14,16)(H,15,17)(H,18,19). The molecule has 0 aliphatic heterocycles. The number of carbonyl (C=O) groups is 3. The van der Waals surface area contributed by atoms with Crippen molar-refractivity contribution < 1.29 is 24.2 Å². The van der Waals surface area contributed by atoms with E-state index < -0.39 is 24.0 Å². The van der Waals surface area contributed by atoms with Crippen molar-refractivity contribution in [2.45, 2.75) is 58.7 Å². The fourth-order valence-electron chi connectivity index (χ4n) is 1.41. The van der Waals surface area contributed by atoms with E-state index in [-0.39, 0.29) is 24.5 Å². The van der Waals surface area contributed by atoms with Crippen LogP contribution < -0.4 is 10.6 Å². The molecular formula is C13H24N2O5. The number of carboxylic acid groups (broad SMARTS) is 1. The molecule has 0 fully saturated rings. The molecule has 7 nitrogen and oxygen atoms in total. The summed E-state index contributed by atoms with van der Waals surface area (Å²) in [6.07, 6.45) is 0.158. The van der Waals surface area contributed by atoms with Crippen LogP contribution in [-0.2, 0) is 19.1 Å². The van der Waals surface area contributed by atoms with E-state index in [1.165, 1.54) is 13.8 Å². The van der Waals surface area contributed by atoms with Crippen molar-refractivity contribution >= 4 is 17.8 Å². The van der Waals surface area contributed by atoms with Gasteiger partial charge in [-0.15, -0.1) is 0 Å². The summed E-state index contributed by atoms with van der Waals surface area (Å²) in [4.78, 5) is 33.6. The lowest BCUT2D eigenvalue weighted by atomic mass is 10.1. The zero-order valence-corrected chi connectivity index (χ0v) is 12.6. The van der Waals surface area contributed by atoms with E-state index in [1.807, 2.05) is 20.8 Å². The Labute approximate surface area is 119 Å². The van der Waals surface area contributed by atoms with Crippen molar-refractivity contribution in [3.63, 3.8) is 0 Å². The third-order valence-electron chi connectivity index (χ3n) is 2.37. The highest BCUT2D eigenvalue weighted by molar-refractivity contribution is 5.89. The first-order chi connectivity index (χ1) is 9.03. The summed E-state index contributed by atoms with van der Waals surface area (Å²) in [7, 11) is 0. The smallest absolute Gasteiger partial charge is 0.326 e. The molecule has 2 atom stereocenters. The molecule has 0 aliphatic carbocycles. The van der Waals surface area contributed by atoms with Gasteiger partial charge in [-0.2, -0.15) is 0 Å². The molecule has 116 valence electrons. The average Bonchev–Trinajstić information content (AvgIpc) is 2.24. The van der Waals surface area contributed by atoms with Crippen LogP contribution in [0.1, 0.15) is 41.0 Å². The topological polar surface area (TPSA) is 105 Å². The minimum absolute atomic E-state index is 0.158. The van der Waals surface area contributed by atoms with Crippen LogP contribution in [0.3, 0.4) is 0 Å². The minimum atomic E-state index is -1.13. The maximum absolute atomic E-state index is 11.7. The Morgan fingerprint density at radius 2 is 1.75 bits per heavy atom. The van der Waals surface area contributed by atoms with Crippen LogP contribution in [-0.4, -0.2) is 47.2 Å². The SMILES string of the molecule is CC(=O)NC(C)C(=O)NC(CCOC(C)(C)C)C(=O)O. The largest absolute Gasteiger partial charge is 0.480 e. The number of hydrogen-bond acceptors (Lipinski definition) is 4. The highest BCUT2D eigenvalue weighted by Crippen LogP contribution is 2.08. The number of carbonyl (C=O) groups excluding carboxylic acids is 2. The summed E-state index contributed by atoms with van der Waals surface area (Å²) in [5, 5.41) is 13.8. The Kier molecular flexibility index (Phi) is 7.20. The van der Waals surface area contributed by atoms with Crippen molar-refractivity contribution in [3.8, 4) is 0 Å². The maximum atomic E-state index is 11.7. The van der Waals surface area contributed by atoms with Gasteiger partial charge in [0.05, 0.1) is 5.60 Å². The summed E-state index contributed by atoms with van der Waals surface area (Å²) in [5.41, 5.74) is -0.365. The molecule has 20 heavy (non-hydrogen) atoms. The molecular weight excluding hydrogens is 264 g/mol. The lowest BCUT2D eigenvalue weighted by Crippen LogP contribution is -2.50. The fraction of sp³-hybridized carbons (Fsp3) is 0.769. The molecule has 0 bridgehead atoms. The van der Waals surface area contributed by atoms with Gasteiger partial charge >= 0.3 is 5.97 Å². The maximum Gasteiger partial charge on any atom is 0.326 e. The Bertz CT molecular complexity index is 362. The number of carboxylic acids is 1. The molecule has 0 aromatic carbocycles. The molecule has 0 heterocycles. The first-order valence-electron chi connectivity index (χ1n) is 6.47. The van der Waals surface area contributed by atoms with Gasteiger partial charge in [0.2, 0.25) is 11.8 Å². The molecule has 3 N–H and O–H groups in total. The number of aliphatic carboxylic acids is 1. The number of nitrogens with one attached hydrogen (secondary N) is 2. The van der Waals surface area contributed by atoms with E-state index in [0.717, 1.165) is 0 Å². The van der Waals surface area contributed by atoms with E-state index >= 15 is 0 Å². The van der Waals surface area contributed by atoms with Gasteiger partial charge in [0.1, 0.15) is 12.1 Å². The Hall–Kier alpha value is -1.63. The molecule has 2 unspecified atom stereocenters. The molecule has 0 radical (unpaired) electrons. The molecule has 0 aromatic heterocycles. The van der Waals surface area contributed by atoms with Crippen LogP contribution >= 0.6 is 0 Å². The van der Waals surface area contributed by atoms with Gasteiger partial charge in [-0.1, -0.05) is 0 Å². The van der Waals surface area contributed by atoms with Crippen LogP contribution in [0.4, 0.5) is 0 Å². The summed E-state index contributed by atoms with van der Waals surface area (Å²) in [6.45, 7) is 8.58. The summed E-state index contributed by atoms with van der Waals surface area (Å²) in [5.74, 6) is -2.02. The highest BCUT2D eigenvalue weighted by Gasteiger charge is 2.23. The lowest BCUT2D eigenvalue weighted by molar-refractivity contribution is -0.143. The van der Waals surface area contributed by atoms with Crippen molar-refractivity contribution in [1.82, 2.24) is 10.6 Å². The van der Waals surface area contributed by atoms with E-state index in [4.69, 9.17) is 9.84 Å². The number of ether oxygens (including phenoxy) is 1. The Morgan fingerprint density at radius 1 is 1.20 bits per heavy atom. The van der Waals surface area contributed by atoms with Crippen LogP contribution in [0.25, 0.3) is 0 Å². The second kappa shape index (κ2) is 7.84. The van der Waals surface area contributed by atoms with Crippen LogP contribution in [0.5, 0.6) is 0 Å². The van der Waals surface area contributed by atoms with Crippen molar-refractivity contribution in [2.24, 2.45) is 0 Å². The summed E-state index contributed by atoms with van der Waals surface area (Å²) >= 11 is 0. The van der Waals surface area contributed by atoms with Gasteiger partial charge < -0.3 is 20.5 Å². The summed E-state index contributed by atoms with van der Waals surface area (Å²) in [6, 6.07) is -1.82. The third kappa shape index (κ3) is 8.47. The second-order valence-electron chi connectivity index (χ2n) is 5.57. The van der Waals surface area contributed by atoms with Crippen LogP contribution in [0, 0.1) is 0 Å². The van der Waals surface area contributed by atoms with E-state index in [0.29, 0.717) is 0 Å². The second-order valence-corrected chi connectivity index (χ2v) is 5.57. The Balaban J connectivity index is 4.37. The predicted octanol–water partition coefficient (Wildman–Crippen LogP) is 0.286. The van der Waals surface area contributed by atoms with Crippen LogP contribution in [0.2, 0.25) is 0 Å². The van der Waals surface area contributed by atoms with Gasteiger partial charge in [-0.3, -0.25) is 9.59 Å². The normalized spacial score (nSPS) is 14.2. The van der Waals surface area contributed by atoms with Gasteiger partial charge in [0, 0.05) is 20.0 Å². The monoisotopic (exact) mass is 288 g/mol. The van der Waals surface area contributed by atoms with E-state index in [2.05, 4.69) is 10.6 Å². The highest BCUT2D eigenvalue weighted by atomic mass is 16.5. The van der Waals surface area contributed by atoms with Crippen molar-refractivity contribution in [3.05, 3.63) is 0 Å². The molecule has 0 aliphatic rings. The van der Waals surface area contributed by atoms with E-state index in [9.17, 15) is 14.4 Å². The van der Waals surface area contributed by atoms with Gasteiger partial charge in [-0.05, 0) is 27.7 Å². The quantitative estimate of drug-likeness (QED) is 0.624. The molecule has 2 amide bonds. The lowest BCUT2D eigenvalue weighted by Gasteiger charge is -2.22. The third-order valence-corrected chi connectivity index (χ3v) is 2.37.